The minimum Gasteiger partial charge on any atom is -0.508 e. The predicted octanol–water partition coefficient (Wildman–Crippen LogP) is 2.55. The first kappa shape index (κ1) is 17.2. The van der Waals surface area contributed by atoms with E-state index in [-0.39, 0.29) is 39.7 Å². The van der Waals surface area contributed by atoms with E-state index in [1.807, 2.05) is 0 Å². The molecule has 0 aliphatic heterocycles. The molecule has 4 N–H and O–H groups in total. The molecule has 0 aliphatic carbocycles. The Labute approximate surface area is 136 Å². The van der Waals surface area contributed by atoms with Crippen LogP contribution in [0.5, 0.6) is 23.0 Å². The van der Waals surface area contributed by atoms with Crippen molar-refractivity contribution in [2.45, 2.75) is 0 Å². The van der Waals surface area contributed by atoms with Crippen molar-refractivity contribution in [3.05, 3.63) is 46.6 Å². The van der Waals surface area contributed by atoms with E-state index in [4.69, 9.17) is 4.42 Å². The van der Waals surface area contributed by atoms with Crippen molar-refractivity contribution >= 4 is 11.0 Å². The Morgan fingerprint density at radius 2 is 1.54 bits per heavy atom. The topological polar surface area (TPSA) is 120 Å². The third-order valence-electron chi connectivity index (χ3n) is 3.05. The number of aromatic hydroxyl groups is 4. The lowest BCUT2D eigenvalue weighted by Crippen LogP contribution is -2.00. The lowest BCUT2D eigenvalue weighted by atomic mass is 10.1. The number of phenolic OH excluding ortho intramolecular Hbond substituents is 4. The van der Waals surface area contributed by atoms with Crippen molar-refractivity contribution in [3.63, 3.8) is 0 Å². The molecule has 7 heteroatoms. The van der Waals surface area contributed by atoms with Crippen LogP contribution in [0.1, 0.15) is 0 Å². The fourth-order valence-electron chi connectivity index (χ4n) is 2.07. The van der Waals surface area contributed by atoms with E-state index in [0.717, 1.165) is 12.1 Å². The van der Waals surface area contributed by atoms with E-state index in [1.165, 1.54) is 24.3 Å². The van der Waals surface area contributed by atoms with E-state index in [0.29, 0.717) is 5.56 Å². The average molecular weight is 332 g/mol. The van der Waals surface area contributed by atoms with E-state index in [2.05, 4.69) is 4.74 Å². The third kappa shape index (κ3) is 3.41. The van der Waals surface area contributed by atoms with E-state index >= 15 is 0 Å². The van der Waals surface area contributed by atoms with E-state index in [1.54, 1.807) is 14.2 Å². The average Bonchev–Trinajstić information content (AvgIpc) is 2.49. The molecule has 24 heavy (non-hydrogen) atoms. The van der Waals surface area contributed by atoms with E-state index < -0.39 is 5.43 Å². The number of ether oxygens (including phenoxy) is 1. The maximum Gasteiger partial charge on any atom is 0.197 e. The van der Waals surface area contributed by atoms with Gasteiger partial charge in [-0.2, -0.15) is 0 Å². The molecule has 0 spiro atoms. The van der Waals surface area contributed by atoms with Crippen LogP contribution in [0.15, 0.2) is 45.6 Å². The molecule has 0 amide bonds. The lowest BCUT2D eigenvalue weighted by Gasteiger charge is -2.06. The first-order valence-electron chi connectivity index (χ1n) is 6.79. The van der Waals surface area contributed by atoms with Crippen molar-refractivity contribution in [3.8, 4) is 34.3 Å². The Morgan fingerprint density at radius 3 is 2.17 bits per heavy atom. The van der Waals surface area contributed by atoms with Gasteiger partial charge in [-0.3, -0.25) is 4.79 Å². The van der Waals surface area contributed by atoms with Gasteiger partial charge in [-0.15, -0.1) is 0 Å². The maximum absolute atomic E-state index is 12.0. The van der Waals surface area contributed by atoms with Gasteiger partial charge in [0.2, 0.25) is 0 Å². The quantitative estimate of drug-likeness (QED) is 0.505. The summed E-state index contributed by atoms with van der Waals surface area (Å²) >= 11 is 0. The fourth-order valence-corrected chi connectivity index (χ4v) is 2.07. The van der Waals surface area contributed by atoms with Crippen LogP contribution in [0.3, 0.4) is 0 Å². The van der Waals surface area contributed by atoms with Gasteiger partial charge >= 0.3 is 0 Å². The molecule has 0 atom stereocenters. The van der Waals surface area contributed by atoms with Gasteiger partial charge in [0, 0.05) is 38.0 Å². The SMILES string of the molecule is COC.O=c1cc(-c2ccc(O)c(O)c2)oc2cc(O)cc(O)c12. The summed E-state index contributed by atoms with van der Waals surface area (Å²) in [5, 5.41) is 37.9. The van der Waals surface area contributed by atoms with Crippen LogP contribution in [0.25, 0.3) is 22.3 Å². The minimum atomic E-state index is -0.490. The summed E-state index contributed by atoms with van der Waals surface area (Å²) in [6, 6.07) is 7.37. The van der Waals surface area contributed by atoms with Crippen molar-refractivity contribution in [1.82, 2.24) is 0 Å². The van der Waals surface area contributed by atoms with Crippen LogP contribution >= 0.6 is 0 Å². The molecule has 0 saturated carbocycles. The summed E-state index contributed by atoms with van der Waals surface area (Å²) in [6.07, 6.45) is 0. The molecule has 0 radical (unpaired) electrons. The van der Waals surface area contributed by atoms with Gasteiger partial charge in [0.15, 0.2) is 16.9 Å². The molecule has 1 aromatic heterocycles. The molecule has 0 fully saturated rings. The normalized spacial score (nSPS) is 10.2. The zero-order valence-electron chi connectivity index (χ0n) is 13.0. The van der Waals surface area contributed by atoms with Crippen molar-refractivity contribution in [2.24, 2.45) is 0 Å². The molecule has 2 aromatic carbocycles. The number of rotatable bonds is 1. The second-order valence-corrected chi connectivity index (χ2v) is 4.92. The largest absolute Gasteiger partial charge is 0.508 e. The van der Waals surface area contributed by atoms with E-state index in [9.17, 15) is 25.2 Å². The molecule has 1 heterocycles. The Morgan fingerprint density at radius 1 is 0.875 bits per heavy atom. The number of methoxy groups -OCH3 is 1. The molecular weight excluding hydrogens is 316 g/mol. The number of fused-ring (bicyclic) bond motifs is 1. The van der Waals surface area contributed by atoms with Crippen LogP contribution in [0, 0.1) is 0 Å². The molecule has 3 rings (SSSR count). The molecule has 126 valence electrons. The second kappa shape index (κ2) is 6.93. The number of hydrogen-bond donors (Lipinski definition) is 4. The first-order valence-corrected chi connectivity index (χ1v) is 6.79. The Balaban J connectivity index is 0.000000647. The number of hydrogen-bond acceptors (Lipinski definition) is 7. The van der Waals surface area contributed by atoms with Gasteiger partial charge in [-0.1, -0.05) is 0 Å². The standard InChI is InChI=1S/C15H10O6.C2H6O/c16-8-4-11(19)15-12(20)6-13(21-14(15)5-8)7-1-2-9(17)10(18)3-7;1-3-2/h1-6,16-19H;1-2H3. The highest BCUT2D eigenvalue weighted by molar-refractivity contribution is 5.86. The van der Waals surface area contributed by atoms with Crippen LogP contribution in [-0.4, -0.2) is 34.6 Å². The van der Waals surface area contributed by atoms with Crippen LogP contribution in [0.2, 0.25) is 0 Å². The van der Waals surface area contributed by atoms with Gasteiger partial charge in [-0.05, 0) is 18.2 Å². The summed E-state index contributed by atoms with van der Waals surface area (Å²) in [7, 11) is 3.25. The van der Waals surface area contributed by atoms with Gasteiger partial charge in [0.1, 0.15) is 28.2 Å². The molecule has 0 unspecified atom stereocenters. The summed E-state index contributed by atoms with van der Waals surface area (Å²) in [6.45, 7) is 0. The first-order chi connectivity index (χ1) is 11.4. The molecule has 3 aromatic rings. The molecular formula is C17H16O7. The molecule has 0 saturated heterocycles. The summed E-state index contributed by atoms with van der Waals surface area (Å²) in [5.41, 5.74) is -0.106. The van der Waals surface area contributed by atoms with Crippen molar-refractivity contribution < 1.29 is 29.6 Å². The van der Waals surface area contributed by atoms with Crippen LogP contribution < -0.4 is 5.43 Å². The van der Waals surface area contributed by atoms with Gasteiger partial charge in [-0.25, -0.2) is 0 Å². The highest BCUT2D eigenvalue weighted by Crippen LogP contribution is 2.33. The van der Waals surface area contributed by atoms with Gasteiger partial charge in [0.05, 0.1) is 0 Å². The zero-order valence-corrected chi connectivity index (χ0v) is 13.0. The smallest absolute Gasteiger partial charge is 0.197 e. The number of phenols is 4. The molecule has 0 aliphatic rings. The van der Waals surface area contributed by atoms with Crippen molar-refractivity contribution in [1.29, 1.82) is 0 Å². The monoisotopic (exact) mass is 332 g/mol. The fraction of sp³-hybridized carbons (Fsp3) is 0.118. The summed E-state index contributed by atoms with van der Waals surface area (Å²) < 4.78 is 9.72. The Kier molecular flexibility index (Phi) is 4.96. The van der Waals surface area contributed by atoms with Crippen LogP contribution in [0.4, 0.5) is 0 Å². The van der Waals surface area contributed by atoms with Gasteiger partial charge in [0.25, 0.3) is 0 Å². The number of benzene rings is 2. The maximum atomic E-state index is 12.0. The Hall–Kier alpha value is -3.19. The summed E-state index contributed by atoms with van der Waals surface area (Å²) in [4.78, 5) is 12.0. The lowest BCUT2D eigenvalue weighted by molar-refractivity contribution is 0.277. The van der Waals surface area contributed by atoms with Gasteiger partial charge < -0.3 is 29.6 Å². The Bertz CT molecular complexity index is 928. The third-order valence-corrected chi connectivity index (χ3v) is 3.05. The van der Waals surface area contributed by atoms with Crippen molar-refractivity contribution in [2.75, 3.05) is 14.2 Å². The second-order valence-electron chi connectivity index (χ2n) is 4.92. The summed E-state index contributed by atoms with van der Waals surface area (Å²) in [5.74, 6) is -1.13. The minimum absolute atomic E-state index is 0.0163. The zero-order chi connectivity index (χ0) is 17.9. The van der Waals surface area contributed by atoms with Crippen LogP contribution in [-0.2, 0) is 4.74 Å². The highest BCUT2D eigenvalue weighted by Gasteiger charge is 2.13. The molecule has 7 nitrogen and oxygen atoms in total. The molecule has 0 bridgehead atoms. The highest BCUT2D eigenvalue weighted by atomic mass is 16.4. The predicted molar refractivity (Wildman–Crippen MR) is 87.5 cm³/mol.